The zero-order valence-electron chi connectivity index (χ0n) is 12.5. The van der Waals surface area contributed by atoms with Crippen molar-refractivity contribution >= 4 is 0 Å². The van der Waals surface area contributed by atoms with Gasteiger partial charge in [0.05, 0.1) is 0 Å². The first-order valence-corrected chi connectivity index (χ1v) is 7.06. The minimum Gasteiger partial charge on any atom is -0.457 e. The van der Waals surface area contributed by atoms with Gasteiger partial charge in [0, 0.05) is 0 Å². The van der Waals surface area contributed by atoms with Crippen molar-refractivity contribution in [2.24, 2.45) is 5.73 Å². The van der Waals surface area contributed by atoms with E-state index in [9.17, 15) is 0 Å². The fourth-order valence-electron chi connectivity index (χ4n) is 2.05. The third-order valence-electron chi connectivity index (χ3n) is 3.29. The highest BCUT2D eigenvalue weighted by atomic mass is 16.5. The lowest BCUT2D eigenvalue weighted by Gasteiger charge is -2.19. The molecule has 0 radical (unpaired) electrons. The molecule has 0 aliphatic rings. The molecule has 2 aromatic carbocycles. The summed E-state index contributed by atoms with van der Waals surface area (Å²) in [5, 5.41) is 0. The van der Waals surface area contributed by atoms with Crippen LogP contribution in [0.3, 0.4) is 0 Å². The number of hydrogen-bond acceptors (Lipinski definition) is 2. The summed E-state index contributed by atoms with van der Waals surface area (Å²) in [6, 6.07) is 16.4. The first kappa shape index (κ1) is 14.6. The van der Waals surface area contributed by atoms with Crippen LogP contribution in [0.5, 0.6) is 11.5 Å². The molecule has 0 saturated heterocycles. The highest BCUT2D eigenvalue weighted by molar-refractivity contribution is 5.37. The molecule has 0 aliphatic carbocycles. The molecule has 20 heavy (non-hydrogen) atoms. The molecule has 106 valence electrons. The molecule has 0 amide bonds. The average Bonchev–Trinajstić information content (AvgIpc) is 2.41. The van der Waals surface area contributed by atoms with Gasteiger partial charge in [-0.15, -0.1) is 0 Å². The Bertz CT molecular complexity index is 552. The lowest BCUT2D eigenvalue weighted by molar-refractivity contribution is 0.478. The summed E-state index contributed by atoms with van der Waals surface area (Å²) in [6.45, 7) is 7.28. The molecule has 2 aromatic rings. The lowest BCUT2D eigenvalue weighted by atomic mass is 9.87. The van der Waals surface area contributed by atoms with Gasteiger partial charge in [-0.2, -0.15) is 0 Å². The number of nitrogens with two attached hydrogens (primary N) is 1. The highest BCUT2D eigenvalue weighted by Gasteiger charge is 2.14. The van der Waals surface area contributed by atoms with Crippen molar-refractivity contribution in [1.29, 1.82) is 0 Å². The van der Waals surface area contributed by atoms with E-state index in [1.54, 1.807) is 0 Å². The second kappa shape index (κ2) is 6.10. The second-order valence-corrected chi connectivity index (χ2v) is 6.06. The number of rotatable bonds is 4. The maximum Gasteiger partial charge on any atom is 0.127 e. The van der Waals surface area contributed by atoms with Crippen LogP contribution in [0, 0.1) is 0 Å². The van der Waals surface area contributed by atoms with Gasteiger partial charge in [0.1, 0.15) is 11.5 Å². The van der Waals surface area contributed by atoms with Crippen LogP contribution in [0.25, 0.3) is 0 Å². The summed E-state index contributed by atoms with van der Waals surface area (Å²) in [7, 11) is 0. The van der Waals surface area contributed by atoms with Crippen LogP contribution in [0.15, 0.2) is 48.5 Å². The summed E-state index contributed by atoms with van der Waals surface area (Å²) < 4.78 is 5.92. The normalized spacial score (nSPS) is 11.4. The largest absolute Gasteiger partial charge is 0.457 e. The molecule has 0 spiro atoms. The Morgan fingerprint density at radius 2 is 1.65 bits per heavy atom. The second-order valence-electron chi connectivity index (χ2n) is 6.06. The molecule has 0 unspecified atom stereocenters. The van der Waals surface area contributed by atoms with Crippen LogP contribution in [-0.2, 0) is 11.8 Å². The van der Waals surface area contributed by atoms with Crippen LogP contribution >= 0.6 is 0 Å². The lowest BCUT2D eigenvalue weighted by Crippen LogP contribution is -2.10. The van der Waals surface area contributed by atoms with E-state index >= 15 is 0 Å². The predicted octanol–water partition coefficient (Wildman–Crippen LogP) is 4.28. The Hall–Kier alpha value is -1.80. The van der Waals surface area contributed by atoms with Gasteiger partial charge in [0.15, 0.2) is 0 Å². The smallest absolute Gasteiger partial charge is 0.127 e. The van der Waals surface area contributed by atoms with Crippen molar-refractivity contribution in [2.45, 2.75) is 32.6 Å². The third kappa shape index (κ3) is 3.84. The van der Waals surface area contributed by atoms with Crippen LogP contribution in [0.1, 0.15) is 31.9 Å². The molecule has 0 fully saturated rings. The van der Waals surface area contributed by atoms with Gasteiger partial charge < -0.3 is 10.5 Å². The van der Waals surface area contributed by atoms with Gasteiger partial charge in [-0.1, -0.05) is 45.0 Å². The number of benzene rings is 2. The van der Waals surface area contributed by atoms with E-state index in [2.05, 4.69) is 45.0 Å². The van der Waals surface area contributed by atoms with Gasteiger partial charge in [0.2, 0.25) is 0 Å². The maximum atomic E-state index is 5.92. The summed E-state index contributed by atoms with van der Waals surface area (Å²) in [5.41, 5.74) is 8.19. The molecular weight excluding hydrogens is 246 g/mol. The van der Waals surface area contributed by atoms with Crippen LogP contribution in [0.2, 0.25) is 0 Å². The van der Waals surface area contributed by atoms with Gasteiger partial charge in [-0.25, -0.2) is 0 Å². The number of ether oxygens (including phenoxy) is 1. The minimum atomic E-state index is 0.129. The molecular formula is C18H23NO. The van der Waals surface area contributed by atoms with E-state index in [1.807, 2.05) is 24.3 Å². The quantitative estimate of drug-likeness (QED) is 0.899. The van der Waals surface area contributed by atoms with E-state index in [1.165, 1.54) is 11.1 Å². The Morgan fingerprint density at radius 3 is 2.25 bits per heavy atom. The van der Waals surface area contributed by atoms with E-state index in [0.717, 1.165) is 17.9 Å². The average molecular weight is 269 g/mol. The van der Waals surface area contributed by atoms with Crippen LogP contribution < -0.4 is 10.5 Å². The molecule has 2 heteroatoms. The van der Waals surface area contributed by atoms with Gasteiger partial charge in [-0.3, -0.25) is 0 Å². The monoisotopic (exact) mass is 269 g/mol. The van der Waals surface area contributed by atoms with Crippen molar-refractivity contribution in [2.75, 3.05) is 6.54 Å². The van der Waals surface area contributed by atoms with Crippen molar-refractivity contribution in [3.63, 3.8) is 0 Å². The molecule has 2 nitrogen and oxygen atoms in total. The van der Waals surface area contributed by atoms with E-state index in [4.69, 9.17) is 10.5 Å². The molecule has 0 saturated carbocycles. The van der Waals surface area contributed by atoms with Crippen molar-refractivity contribution in [1.82, 2.24) is 0 Å². The van der Waals surface area contributed by atoms with E-state index in [-0.39, 0.29) is 5.41 Å². The molecule has 0 aromatic heterocycles. The van der Waals surface area contributed by atoms with Gasteiger partial charge in [0.25, 0.3) is 0 Å². The zero-order valence-corrected chi connectivity index (χ0v) is 12.5. The highest BCUT2D eigenvalue weighted by Crippen LogP contribution is 2.28. The van der Waals surface area contributed by atoms with Gasteiger partial charge in [-0.05, 0) is 53.8 Å². The zero-order chi connectivity index (χ0) is 14.6. The van der Waals surface area contributed by atoms with Gasteiger partial charge >= 0.3 is 0 Å². The van der Waals surface area contributed by atoms with Crippen LogP contribution in [-0.4, -0.2) is 6.54 Å². The fraction of sp³-hybridized carbons (Fsp3) is 0.333. The standard InChI is InChI=1S/C18H23NO/c1-18(2,3)15-5-4-6-17(13-15)20-16-9-7-14(8-10-16)11-12-19/h4-10,13H,11-12,19H2,1-3H3. The number of hydrogen-bond donors (Lipinski definition) is 1. The summed E-state index contributed by atoms with van der Waals surface area (Å²) in [4.78, 5) is 0. The van der Waals surface area contributed by atoms with E-state index in [0.29, 0.717) is 6.54 Å². The SMILES string of the molecule is CC(C)(C)c1cccc(Oc2ccc(CCN)cc2)c1. The third-order valence-corrected chi connectivity index (χ3v) is 3.29. The molecule has 0 heterocycles. The molecule has 0 atom stereocenters. The van der Waals surface area contributed by atoms with Crippen molar-refractivity contribution < 1.29 is 4.74 Å². The first-order valence-electron chi connectivity index (χ1n) is 7.06. The van der Waals surface area contributed by atoms with Crippen molar-refractivity contribution in [3.05, 3.63) is 59.7 Å². The molecule has 0 aliphatic heterocycles. The van der Waals surface area contributed by atoms with Crippen molar-refractivity contribution in [3.8, 4) is 11.5 Å². The van der Waals surface area contributed by atoms with E-state index < -0.39 is 0 Å². The maximum absolute atomic E-state index is 5.92. The summed E-state index contributed by atoms with van der Waals surface area (Å²) >= 11 is 0. The Morgan fingerprint density at radius 1 is 0.950 bits per heavy atom. The Kier molecular flexibility index (Phi) is 4.46. The van der Waals surface area contributed by atoms with Crippen LogP contribution in [0.4, 0.5) is 0 Å². The fourth-order valence-corrected chi connectivity index (χ4v) is 2.05. The molecule has 0 bridgehead atoms. The predicted molar refractivity (Wildman–Crippen MR) is 84.4 cm³/mol. The first-order chi connectivity index (χ1) is 9.49. The Balaban J connectivity index is 2.13. The molecule has 2 N–H and O–H groups in total. The molecule has 2 rings (SSSR count). The minimum absolute atomic E-state index is 0.129. The Labute approximate surface area is 121 Å². The summed E-state index contributed by atoms with van der Waals surface area (Å²) in [5.74, 6) is 1.74. The summed E-state index contributed by atoms with van der Waals surface area (Å²) in [6.07, 6.45) is 0.903. The topological polar surface area (TPSA) is 35.2 Å².